The third-order valence-electron chi connectivity index (χ3n) is 4.26. The predicted molar refractivity (Wildman–Crippen MR) is 64.5 cm³/mol. The summed E-state index contributed by atoms with van der Waals surface area (Å²) < 4.78 is 5.30. The number of hydrogen-bond donors (Lipinski definition) is 2. The third-order valence-corrected chi connectivity index (χ3v) is 4.26. The lowest BCUT2D eigenvalue weighted by atomic mass is 9.80. The highest BCUT2D eigenvalue weighted by molar-refractivity contribution is 5.78. The summed E-state index contributed by atoms with van der Waals surface area (Å²) in [6.45, 7) is 3.94. The number of hydrogen-bond acceptors (Lipinski definition) is 3. The van der Waals surface area contributed by atoms with Crippen molar-refractivity contribution in [3.05, 3.63) is 0 Å². The highest BCUT2D eigenvalue weighted by atomic mass is 16.5. The molecule has 0 aromatic rings. The first kappa shape index (κ1) is 12.8. The van der Waals surface area contributed by atoms with Crippen LogP contribution in [0.3, 0.4) is 0 Å². The monoisotopic (exact) mass is 241 g/mol. The maximum Gasteiger partial charge on any atom is 0.223 e. The van der Waals surface area contributed by atoms with Crippen LogP contribution in [0.1, 0.15) is 39.0 Å². The molecule has 1 atom stereocenters. The zero-order valence-corrected chi connectivity index (χ0v) is 10.6. The van der Waals surface area contributed by atoms with E-state index in [-0.39, 0.29) is 11.8 Å². The van der Waals surface area contributed by atoms with Crippen molar-refractivity contribution in [2.75, 3.05) is 19.8 Å². The number of rotatable bonds is 4. The quantitative estimate of drug-likeness (QED) is 0.774. The zero-order valence-electron chi connectivity index (χ0n) is 10.6. The molecule has 1 aliphatic heterocycles. The van der Waals surface area contributed by atoms with Gasteiger partial charge in [0.15, 0.2) is 0 Å². The van der Waals surface area contributed by atoms with Crippen LogP contribution in [-0.4, -0.2) is 36.4 Å². The Morgan fingerprint density at radius 3 is 2.65 bits per heavy atom. The summed E-state index contributed by atoms with van der Waals surface area (Å²) >= 11 is 0. The molecule has 2 fully saturated rings. The van der Waals surface area contributed by atoms with Crippen LogP contribution < -0.4 is 5.32 Å². The molecule has 2 aliphatic rings. The van der Waals surface area contributed by atoms with Crippen LogP contribution in [0.4, 0.5) is 0 Å². The minimum absolute atomic E-state index is 0.0302. The van der Waals surface area contributed by atoms with Gasteiger partial charge in [-0.05, 0) is 38.0 Å². The molecular weight excluding hydrogens is 218 g/mol. The average molecular weight is 241 g/mol. The fourth-order valence-corrected chi connectivity index (χ4v) is 2.60. The molecule has 2 rings (SSSR count). The summed E-state index contributed by atoms with van der Waals surface area (Å²) in [7, 11) is 0. The van der Waals surface area contributed by atoms with E-state index in [1.807, 2.05) is 6.92 Å². The maximum atomic E-state index is 12.0. The van der Waals surface area contributed by atoms with Gasteiger partial charge in [0, 0.05) is 25.7 Å². The van der Waals surface area contributed by atoms with Gasteiger partial charge in [-0.15, -0.1) is 0 Å². The van der Waals surface area contributed by atoms with E-state index in [2.05, 4.69) is 5.32 Å². The highest BCUT2D eigenvalue weighted by Gasteiger charge is 2.35. The lowest BCUT2D eigenvalue weighted by Gasteiger charge is -2.37. The van der Waals surface area contributed by atoms with E-state index in [9.17, 15) is 9.90 Å². The predicted octanol–water partition coefficient (Wildman–Crippen LogP) is 1.08. The van der Waals surface area contributed by atoms with Crippen molar-refractivity contribution in [2.45, 2.75) is 44.6 Å². The van der Waals surface area contributed by atoms with Gasteiger partial charge in [-0.2, -0.15) is 0 Å². The van der Waals surface area contributed by atoms with Crippen LogP contribution >= 0.6 is 0 Å². The lowest BCUT2D eigenvalue weighted by Crippen LogP contribution is -2.49. The minimum Gasteiger partial charge on any atom is -0.388 e. The Labute approximate surface area is 103 Å². The van der Waals surface area contributed by atoms with Crippen LogP contribution in [0.5, 0.6) is 0 Å². The largest absolute Gasteiger partial charge is 0.388 e. The first-order chi connectivity index (χ1) is 8.11. The fourth-order valence-electron chi connectivity index (χ4n) is 2.60. The van der Waals surface area contributed by atoms with Gasteiger partial charge in [-0.25, -0.2) is 0 Å². The highest BCUT2D eigenvalue weighted by Crippen LogP contribution is 2.31. The molecule has 1 heterocycles. The average Bonchev–Trinajstić information content (AvgIpc) is 2.33. The normalized spacial score (nSPS) is 26.0. The van der Waals surface area contributed by atoms with Crippen LogP contribution in [0.25, 0.3) is 0 Å². The Bertz CT molecular complexity index is 270. The Balaban J connectivity index is 1.74. The van der Waals surface area contributed by atoms with Crippen molar-refractivity contribution in [1.29, 1.82) is 0 Å². The Hall–Kier alpha value is -0.610. The van der Waals surface area contributed by atoms with Gasteiger partial charge in [0.2, 0.25) is 5.91 Å². The molecule has 1 saturated carbocycles. The topological polar surface area (TPSA) is 58.6 Å². The maximum absolute atomic E-state index is 12.0. The summed E-state index contributed by atoms with van der Waals surface area (Å²) in [4.78, 5) is 12.0. The first-order valence-electron chi connectivity index (χ1n) is 6.69. The number of carbonyl (C=O) groups is 1. The van der Waals surface area contributed by atoms with Crippen molar-refractivity contribution in [1.82, 2.24) is 5.32 Å². The molecule has 0 aromatic carbocycles. The van der Waals surface area contributed by atoms with Gasteiger partial charge in [0.1, 0.15) is 0 Å². The smallest absolute Gasteiger partial charge is 0.223 e. The molecule has 4 nitrogen and oxygen atoms in total. The zero-order chi connectivity index (χ0) is 12.3. The van der Waals surface area contributed by atoms with Crippen molar-refractivity contribution in [3.63, 3.8) is 0 Å². The molecule has 0 radical (unpaired) electrons. The van der Waals surface area contributed by atoms with E-state index in [4.69, 9.17) is 4.74 Å². The van der Waals surface area contributed by atoms with Gasteiger partial charge >= 0.3 is 0 Å². The Morgan fingerprint density at radius 1 is 1.47 bits per heavy atom. The molecule has 4 heteroatoms. The minimum atomic E-state index is -0.620. The van der Waals surface area contributed by atoms with E-state index in [0.29, 0.717) is 12.5 Å². The number of carbonyl (C=O) groups excluding carboxylic acids is 1. The van der Waals surface area contributed by atoms with Gasteiger partial charge in [0.25, 0.3) is 0 Å². The summed E-state index contributed by atoms with van der Waals surface area (Å²) in [6.07, 6.45) is 4.65. The van der Waals surface area contributed by atoms with Gasteiger partial charge < -0.3 is 15.2 Å². The Kier molecular flexibility index (Phi) is 4.05. The molecule has 17 heavy (non-hydrogen) atoms. The van der Waals surface area contributed by atoms with E-state index < -0.39 is 5.60 Å². The van der Waals surface area contributed by atoms with Gasteiger partial charge in [0.05, 0.1) is 5.60 Å². The Morgan fingerprint density at radius 2 is 2.12 bits per heavy atom. The van der Waals surface area contributed by atoms with Crippen molar-refractivity contribution >= 4 is 5.91 Å². The number of aliphatic hydroxyl groups is 1. The molecule has 2 N–H and O–H groups in total. The number of nitrogens with one attached hydrogen (secondary N) is 1. The summed E-state index contributed by atoms with van der Waals surface area (Å²) in [5, 5.41) is 12.8. The molecular formula is C13H23NO3. The molecule has 98 valence electrons. The molecule has 1 unspecified atom stereocenters. The standard InChI is InChI=1S/C13H23NO3/c1-10(11-3-7-17-8-4-11)12(15)14-9-13(16)5-2-6-13/h10-11,16H,2-9H2,1H3,(H,14,15). The molecule has 0 aromatic heterocycles. The first-order valence-corrected chi connectivity index (χ1v) is 6.69. The van der Waals surface area contributed by atoms with Gasteiger partial charge in [-0.3, -0.25) is 4.79 Å². The van der Waals surface area contributed by atoms with Crippen molar-refractivity contribution in [3.8, 4) is 0 Å². The second kappa shape index (κ2) is 5.36. The fraction of sp³-hybridized carbons (Fsp3) is 0.923. The van der Waals surface area contributed by atoms with E-state index >= 15 is 0 Å². The van der Waals surface area contributed by atoms with E-state index in [1.165, 1.54) is 0 Å². The second-order valence-corrected chi connectivity index (χ2v) is 5.53. The van der Waals surface area contributed by atoms with Crippen LogP contribution in [0.15, 0.2) is 0 Å². The number of amides is 1. The summed E-state index contributed by atoms with van der Waals surface area (Å²) in [5.74, 6) is 0.541. The molecule has 1 amide bonds. The third kappa shape index (κ3) is 3.19. The van der Waals surface area contributed by atoms with Crippen molar-refractivity contribution in [2.24, 2.45) is 11.8 Å². The molecule has 0 bridgehead atoms. The van der Waals surface area contributed by atoms with Crippen molar-refractivity contribution < 1.29 is 14.6 Å². The van der Waals surface area contributed by atoms with E-state index in [1.54, 1.807) is 0 Å². The van der Waals surface area contributed by atoms with Crippen LogP contribution in [-0.2, 0) is 9.53 Å². The van der Waals surface area contributed by atoms with E-state index in [0.717, 1.165) is 45.3 Å². The molecule has 1 aliphatic carbocycles. The summed E-state index contributed by atoms with van der Waals surface area (Å²) in [6, 6.07) is 0. The molecule has 0 spiro atoms. The second-order valence-electron chi connectivity index (χ2n) is 5.53. The lowest BCUT2D eigenvalue weighted by molar-refractivity contribution is -0.129. The van der Waals surface area contributed by atoms with Crippen LogP contribution in [0, 0.1) is 11.8 Å². The SMILES string of the molecule is CC(C(=O)NCC1(O)CCC1)C1CCOCC1. The van der Waals surface area contributed by atoms with Crippen LogP contribution in [0.2, 0.25) is 0 Å². The number of ether oxygens (including phenoxy) is 1. The summed E-state index contributed by atoms with van der Waals surface area (Å²) in [5.41, 5.74) is -0.620. The van der Waals surface area contributed by atoms with Gasteiger partial charge in [-0.1, -0.05) is 6.92 Å². The molecule has 1 saturated heterocycles.